The van der Waals surface area contributed by atoms with Crippen LogP contribution < -0.4 is 5.32 Å². The van der Waals surface area contributed by atoms with Crippen LogP contribution in [-0.4, -0.2) is 33.5 Å². The third-order valence-electron chi connectivity index (χ3n) is 4.22. The summed E-state index contributed by atoms with van der Waals surface area (Å²) in [5.41, 5.74) is 2.90. The number of para-hydroxylation sites is 2. The van der Waals surface area contributed by atoms with E-state index in [0.717, 1.165) is 29.7 Å². The fourth-order valence-corrected chi connectivity index (χ4v) is 2.89. The minimum absolute atomic E-state index is 0.0743. The molecule has 0 unspecified atom stereocenters. The van der Waals surface area contributed by atoms with Gasteiger partial charge in [0, 0.05) is 19.4 Å². The molecule has 1 amide bonds. The van der Waals surface area contributed by atoms with Crippen LogP contribution in [0.25, 0.3) is 11.0 Å². The number of nitrogens with one attached hydrogen (secondary N) is 2. The third-order valence-corrected chi connectivity index (χ3v) is 4.22. The Balaban J connectivity index is 1.41. The van der Waals surface area contributed by atoms with Crippen LogP contribution in [0.4, 0.5) is 0 Å². The number of aromatic carboxylic acids is 1. The molecule has 0 aliphatic heterocycles. The average molecular weight is 351 g/mol. The van der Waals surface area contributed by atoms with Crippen molar-refractivity contribution in [1.29, 1.82) is 0 Å². The number of imidazole rings is 1. The standard InChI is InChI=1S/C20H21N3O3/c24-19(12-11-14-6-1-2-7-15(14)20(25)26)21-13-5-10-18-22-16-8-3-4-9-17(16)23-18/h1-4,6-9H,5,10-13H2,(H,21,24)(H,22,23)(H,25,26). The molecule has 6 heteroatoms. The minimum Gasteiger partial charge on any atom is -0.478 e. The first-order valence-electron chi connectivity index (χ1n) is 8.65. The van der Waals surface area contributed by atoms with Crippen molar-refractivity contribution in [1.82, 2.24) is 15.3 Å². The maximum Gasteiger partial charge on any atom is 0.335 e. The first kappa shape index (κ1) is 17.7. The molecule has 3 N–H and O–H groups in total. The van der Waals surface area contributed by atoms with Gasteiger partial charge in [-0.15, -0.1) is 0 Å². The lowest BCUT2D eigenvalue weighted by Gasteiger charge is -2.07. The molecule has 0 aliphatic rings. The highest BCUT2D eigenvalue weighted by Crippen LogP contribution is 2.12. The van der Waals surface area contributed by atoms with Gasteiger partial charge in [0.25, 0.3) is 0 Å². The smallest absolute Gasteiger partial charge is 0.335 e. The monoisotopic (exact) mass is 351 g/mol. The first-order valence-corrected chi connectivity index (χ1v) is 8.65. The zero-order chi connectivity index (χ0) is 18.4. The van der Waals surface area contributed by atoms with Crippen molar-refractivity contribution in [2.45, 2.75) is 25.7 Å². The second-order valence-corrected chi connectivity index (χ2v) is 6.12. The molecule has 134 valence electrons. The molecule has 0 bridgehead atoms. The third kappa shape index (κ3) is 4.47. The Morgan fingerprint density at radius 1 is 1.04 bits per heavy atom. The summed E-state index contributed by atoms with van der Waals surface area (Å²) in [7, 11) is 0. The van der Waals surface area contributed by atoms with Crippen molar-refractivity contribution in [3.63, 3.8) is 0 Å². The number of carboxylic acid groups (broad SMARTS) is 1. The van der Waals surface area contributed by atoms with Crippen LogP contribution in [0.15, 0.2) is 48.5 Å². The second-order valence-electron chi connectivity index (χ2n) is 6.12. The molecule has 1 heterocycles. The first-order chi connectivity index (χ1) is 12.6. The number of amides is 1. The van der Waals surface area contributed by atoms with Crippen LogP contribution in [0.2, 0.25) is 0 Å². The molecule has 0 fully saturated rings. The van der Waals surface area contributed by atoms with Crippen LogP contribution in [0.3, 0.4) is 0 Å². The maximum atomic E-state index is 12.0. The van der Waals surface area contributed by atoms with E-state index in [1.54, 1.807) is 24.3 Å². The lowest BCUT2D eigenvalue weighted by Crippen LogP contribution is -2.25. The summed E-state index contributed by atoms with van der Waals surface area (Å²) >= 11 is 0. The SMILES string of the molecule is O=C(CCc1ccccc1C(=O)O)NCCCc1nc2ccccc2[nH]1. The Bertz CT molecular complexity index is 884. The highest BCUT2D eigenvalue weighted by atomic mass is 16.4. The quantitative estimate of drug-likeness (QED) is 0.544. The van der Waals surface area contributed by atoms with E-state index in [1.807, 2.05) is 24.3 Å². The van der Waals surface area contributed by atoms with Gasteiger partial charge in [0.1, 0.15) is 5.82 Å². The van der Waals surface area contributed by atoms with Crippen LogP contribution in [0, 0.1) is 0 Å². The molecule has 0 saturated carbocycles. The molecular weight excluding hydrogens is 330 g/mol. The fraction of sp³-hybridized carbons (Fsp3) is 0.250. The zero-order valence-corrected chi connectivity index (χ0v) is 14.4. The van der Waals surface area contributed by atoms with Crippen molar-refractivity contribution in [2.24, 2.45) is 0 Å². The van der Waals surface area contributed by atoms with Crippen molar-refractivity contribution < 1.29 is 14.7 Å². The van der Waals surface area contributed by atoms with Crippen LogP contribution >= 0.6 is 0 Å². The molecule has 0 aliphatic carbocycles. The van der Waals surface area contributed by atoms with E-state index in [9.17, 15) is 9.59 Å². The molecule has 0 atom stereocenters. The van der Waals surface area contributed by atoms with Crippen molar-refractivity contribution in [2.75, 3.05) is 6.54 Å². The van der Waals surface area contributed by atoms with Crippen LogP contribution in [0.1, 0.15) is 34.6 Å². The Hall–Kier alpha value is -3.15. The highest BCUT2D eigenvalue weighted by Gasteiger charge is 2.10. The topological polar surface area (TPSA) is 95.1 Å². The minimum atomic E-state index is -0.966. The van der Waals surface area contributed by atoms with Gasteiger partial charge in [-0.25, -0.2) is 9.78 Å². The van der Waals surface area contributed by atoms with Gasteiger partial charge in [-0.1, -0.05) is 30.3 Å². The average Bonchev–Trinajstić information content (AvgIpc) is 3.06. The van der Waals surface area contributed by atoms with E-state index in [1.165, 1.54) is 0 Å². The normalized spacial score (nSPS) is 10.8. The number of carbonyl (C=O) groups is 2. The molecule has 0 saturated heterocycles. The predicted molar refractivity (Wildman–Crippen MR) is 99.1 cm³/mol. The van der Waals surface area contributed by atoms with Gasteiger partial charge >= 0.3 is 5.97 Å². The number of carboxylic acids is 1. The molecule has 3 aromatic rings. The van der Waals surface area contributed by atoms with Gasteiger partial charge in [0.05, 0.1) is 16.6 Å². The van der Waals surface area contributed by atoms with E-state index < -0.39 is 5.97 Å². The van der Waals surface area contributed by atoms with Crippen molar-refractivity contribution in [3.8, 4) is 0 Å². The summed E-state index contributed by atoms with van der Waals surface area (Å²) in [6.45, 7) is 0.566. The summed E-state index contributed by atoms with van der Waals surface area (Å²) in [6.07, 6.45) is 2.24. The molecule has 0 radical (unpaired) electrons. The summed E-state index contributed by atoms with van der Waals surface area (Å²) in [6, 6.07) is 14.6. The van der Waals surface area contributed by atoms with E-state index in [2.05, 4.69) is 15.3 Å². The van der Waals surface area contributed by atoms with Gasteiger partial charge in [-0.05, 0) is 36.6 Å². The van der Waals surface area contributed by atoms with Gasteiger partial charge < -0.3 is 15.4 Å². The number of aromatic nitrogens is 2. The molecule has 1 aromatic heterocycles. The van der Waals surface area contributed by atoms with Crippen molar-refractivity contribution >= 4 is 22.9 Å². The van der Waals surface area contributed by atoms with Gasteiger partial charge in [0.2, 0.25) is 5.91 Å². The van der Waals surface area contributed by atoms with Gasteiger partial charge in [0.15, 0.2) is 0 Å². The highest BCUT2D eigenvalue weighted by molar-refractivity contribution is 5.89. The Morgan fingerprint density at radius 3 is 2.62 bits per heavy atom. The summed E-state index contributed by atoms with van der Waals surface area (Å²) in [5, 5.41) is 12.0. The number of benzene rings is 2. The Labute approximate surface area is 151 Å². The fourth-order valence-electron chi connectivity index (χ4n) is 2.89. The molecular formula is C20H21N3O3. The lowest BCUT2D eigenvalue weighted by atomic mass is 10.0. The van der Waals surface area contributed by atoms with E-state index in [-0.39, 0.29) is 17.9 Å². The summed E-state index contributed by atoms with van der Waals surface area (Å²) in [4.78, 5) is 30.9. The number of aryl methyl sites for hydroxylation is 2. The molecule has 26 heavy (non-hydrogen) atoms. The van der Waals surface area contributed by atoms with Gasteiger partial charge in [-0.2, -0.15) is 0 Å². The number of hydrogen-bond acceptors (Lipinski definition) is 3. The predicted octanol–water partition coefficient (Wildman–Crippen LogP) is 2.94. The summed E-state index contributed by atoms with van der Waals surface area (Å²) < 4.78 is 0. The molecule has 6 nitrogen and oxygen atoms in total. The van der Waals surface area contributed by atoms with Crippen LogP contribution in [0.5, 0.6) is 0 Å². The number of rotatable bonds is 8. The number of fused-ring (bicyclic) bond motifs is 1. The largest absolute Gasteiger partial charge is 0.478 e. The van der Waals surface area contributed by atoms with E-state index >= 15 is 0 Å². The number of hydrogen-bond donors (Lipinski definition) is 3. The van der Waals surface area contributed by atoms with Gasteiger partial charge in [-0.3, -0.25) is 4.79 Å². The van der Waals surface area contributed by atoms with Crippen molar-refractivity contribution in [3.05, 3.63) is 65.5 Å². The number of H-pyrrole nitrogens is 1. The Kier molecular flexibility index (Phi) is 5.63. The van der Waals surface area contributed by atoms with Crippen LogP contribution in [-0.2, 0) is 17.6 Å². The number of carbonyl (C=O) groups excluding carboxylic acids is 1. The molecule has 2 aromatic carbocycles. The zero-order valence-electron chi connectivity index (χ0n) is 14.4. The molecule has 3 rings (SSSR count). The lowest BCUT2D eigenvalue weighted by molar-refractivity contribution is -0.121. The molecule has 0 spiro atoms. The van der Waals surface area contributed by atoms with E-state index in [4.69, 9.17) is 5.11 Å². The van der Waals surface area contributed by atoms with E-state index in [0.29, 0.717) is 18.5 Å². The second kappa shape index (κ2) is 8.29. The Morgan fingerprint density at radius 2 is 1.81 bits per heavy atom. The maximum absolute atomic E-state index is 12.0. The number of aromatic amines is 1. The number of nitrogens with zero attached hydrogens (tertiary/aromatic N) is 1. The summed E-state index contributed by atoms with van der Waals surface area (Å²) in [5.74, 6) is -0.127.